The number of carboxylic acid groups (broad SMARTS) is 1. The molecule has 0 saturated carbocycles. The summed E-state index contributed by atoms with van der Waals surface area (Å²) in [6, 6.07) is 0.348. The van der Waals surface area contributed by atoms with Gasteiger partial charge in [-0.25, -0.2) is 8.42 Å². The van der Waals surface area contributed by atoms with Gasteiger partial charge in [0.2, 0.25) is 0 Å². The van der Waals surface area contributed by atoms with Gasteiger partial charge in [-0.15, -0.1) is 0 Å². The van der Waals surface area contributed by atoms with E-state index in [1.165, 1.54) is 12.3 Å². The fourth-order valence-electron chi connectivity index (χ4n) is 1.79. The molecule has 0 bridgehead atoms. The first kappa shape index (κ1) is 11.1. The molecule has 1 aromatic rings. The van der Waals surface area contributed by atoms with Crippen LogP contribution in [0.2, 0.25) is 0 Å². The van der Waals surface area contributed by atoms with Crippen LogP contribution >= 0.6 is 0 Å². The van der Waals surface area contributed by atoms with Gasteiger partial charge in [0.1, 0.15) is 6.04 Å². The zero-order valence-corrected chi connectivity index (χ0v) is 9.14. The average Bonchev–Trinajstić information content (AvgIpc) is 2.89. The lowest BCUT2D eigenvalue weighted by molar-refractivity contribution is -0.140. The number of carboxylic acids is 1. The van der Waals surface area contributed by atoms with E-state index in [4.69, 9.17) is 5.11 Å². The number of sulfonamides is 1. The third-order valence-corrected chi connectivity index (χ3v) is 4.39. The molecule has 1 aromatic heterocycles. The van der Waals surface area contributed by atoms with Crippen LogP contribution in [-0.4, -0.2) is 46.6 Å². The Hall–Kier alpha value is -1.41. The topological polar surface area (TPSA) is 103 Å². The van der Waals surface area contributed by atoms with Gasteiger partial charge in [-0.3, -0.25) is 9.89 Å². The maximum atomic E-state index is 12.0. The van der Waals surface area contributed by atoms with Crippen LogP contribution in [0.3, 0.4) is 0 Å². The van der Waals surface area contributed by atoms with Crippen molar-refractivity contribution in [3.63, 3.8) is 0 Å². The van der Waals surface area contributed by atoms with Gasteiger partial charge in [-0.05, 0) is 18.9 Å². The molecule has 0 aliphatic carbocycles. The predicted molar refractivity (Wildman–Crippen MR) is 53.1 cm³/mol. The third kappa shape index (κ3) is 1.69. The van der Waals surface area contributed by atoms with Crippen LogP contribution in [0.25, 0.3) is 0 Å². The number of aromatic amines is 1. The monoisotopic (exact) mass is 245 g/mol. The fraction of sp³-hybridized carbons (Fsp3) is 0.500. The fourth-order valence-corrected chi connectivity index (χ4v) is 3.34. The molecule has 2 heterocycles. The zero-order valence-electron chi connectivity index (χ0n) is 8.33. The van der Waals surface area contributed by atoms with Gasteiger partial charge in [-0.2, -0.15) is 9.40 Å². The largest absolute Gasteiger partial charge is 0.480 e. The van der Waals surface area contributed by atoms with Crippen LogP contribution in [0.5, 0.6) is 0 Å². The lowest BCUT2D eigenvalue weighted by Crippen LogP contribution is -2.40. The molecular weight excluding hydrogens is 234 g/mol. The highest BCUT2D eigenvalue weighted by atomic mass is 32.2. The number of rotatable bonds is 3. The number of nitrogens with one attached hydrogen (secondary N) is 1. The summed E-state index contributed by atoms with van der Waals surface area (Å²) < 4.78 is 25.0. The summed E-state index contributed by atoms with van der Waals surface area (Å²) in [7, 11) is -3.76. The van der Waals surface area contributed by atoms with E-state index in [1.54, 1.807) is 0 Å². The van der Waals surface area contributed by atoms with E-state index in [0.29, 0.717) is 12.8 Å². The molecule has 8 heteroatoms. The summed E-state index contributed by atoms with van der Waals surface area (Å²) in [5.74, 6) is -1.11. The second kappa shape index (κ2) is 3.87. The molecule has 0 spiro atoms. The van der Waals surface area contributed by atoms with E-state index >= 15 is 0 Å². The Labute approximate surface area is 92.1 Å². The molecule has 1 atom stereocenters. The SMILES string of the molecule is O=C(O)[C@@H]1CCCN1S(=O)(=O)c1ccn[nH]1. The van der Waals surface area contributed by atoms with E-state index in [9.17, 15) is 13.2 Å². The molecule has 88 valence electrons. The summed E-state index contributed by atoms with van der Waals surface area (Å²) >= 11 is 0. The lowest BCUT2D eigenvalue weighted by atomic mass is 10.2. The highest BCUT2D eigenvalue weighted by Gasteiger charge is 2.39. The maximum absolute atomic E-state index is 12.0. The van der Waals surface area contributed by atoms with Crippen LogP contribution < -0.4 is 0 Å². The van der Waals surface area contributed by atoms with E-state index in [1.807, 2.05) is 0 Å². The van der Waals surface area contributed by atoms with Crippen molar-refractivity contribution >= 4 is 16.0 Å². The molecule has 2 rings (SSSR count). The molecule has 0 radical (unpaired) electrons. The number of carbonyl (C=O) groups is 1. The van der Waals surface area contributed by atoms with Crippen LogP contribution in [0.1, 0.15) is 12.8 Å². The third-order valence-electron chi connectivity index (χ3n) is 2.55. The van der Waals surface area contributed by atoms with Crippen LogP contribution in [0, 0.1) is 0 Å². The molecule has 2 N–H and O–H groups in total. The van der Waals surface area contributed by atoms with Gasteiger partial charge in [0.25, 0.3) is 10.0 Å². The molecular formula is C8H11N3O4S. The molecule has 7 nitrogen and oxygen atoms in total. The zero-order chi connectivity index (χ0) is 11.8. The first-order valence-electron chi connectivity index (χ1n) is 4.77. The molecule has 1 aliphatic heterocycles. The van der Waals surface area contributed by atoms with Crippen LogP contribution in [0.15, 0.2) is 17.3 Å². The second-order valence-corrected chi connectivity index (χ2v) is 5.39. The summed E-state index contributed by atoms with van der Waals surface area (Å²) in [5.41, 5.74) is 0. The Morgan fingerprint density at radius 3 is 2.94 bits per heavy atom. The average molecular weight is 245 g/mol. The van der Waals surface area contributed by atoms with Gasteiger partial charge >= 0.3 is 5.97 Å². The molecule has 0 unspecified atom stereocenters. The summed E-state index contributed by atoms with van der Waals surface area (Å²) in [6.07, 6.45) is 2.23. The van der Waals surface area contributed by atoms with Crippen molar-refractivity contribution in [1.82, 2.24) is 14.5 Å². The quantitative estimate of drug-likeness (QED) is 0.757. The minimum atomic E-state index is -3.76. The number of hydrogen-bond acceptors (Lipinski definition) is 4. The smallest absolute Gasteiger partial charge is 0.322 e. The lowest BCUT2D eigenvalue weighted by Gasteiger charge is -2.19. The molecule has 16 heavy (non-hydrogen) atoms. The second-order valence-electron chi connectivity index (χ2n) is 3.53. The minimum Gasteiger partial charge on any atom is -0.480 e. The standard InChI is InChI=1S/C8H11N3O4S/c12-8(13)6-2-1-5-11(6)16(14,15)7-3-4-9-10-7/h3-4,6H,1-2,5H2,(H,9,10)(H,12,13)/t6-/m0/s1. The van der Waals surface area contributed by atoms with Crippen molar-refractivity contribution in [3.8, 4) is 0 Å². The number of aliphatic carboxylic acids is 1. The summed E-state index contributed by atoms with van der Waals surface area (Å²) in [6.45, 7) is 0.234. The Kier molecular flexibility index (Phi) is 2.68. The summed E-state index contributed by atoms with van der Waals surface area (Å²) in [5, 5.41) is 14.7. The van der Waals surface area contributed by atoms with E-state index < -0.39 is 22.0 Å². The first-order valence-corrected chi connectivity index (χ1v) is 6.21. The number of nitrogens with zero attached hydrogens (tertiary/aromatic N) is 2. The molecule has 1 aliphatic rings. The Morgan fingerprint density at radius 1 is 1.62 bits per heavy atom. The first-order chi connectivity index (χ1) is 7.53. The maximum Gasteiger partial charge on any atom is 0.322 e. The normalized spacial score (nSPS) is 22.4. The van der Waals surface area contributed by atoms with Crippen molar-refractivity contribution in [1.29, 1.82) is 0 Å². The van der Waals surface area contributed by atoms with Gasteiger partial charge in [0, 0.05) is 6.54 Å². The number of hydrogen-bond donors (Lipinski definition) is 2. The van der Waals surface area contributed by atoms with Gasteiger partial charge in [0.05, 0.1) is 6.20 Å². The minimum absolute atomic E-state index is 0.0688. The van der Waals surface area contributed by atoms with Crippen molar-refractivity contribution in [2.75, 3.05) is 6.54 Å². The van der Waals surface area contributed by atoms with Crippen molar-refractivity contribution in [3.05, 3.63) is 12.3 Å². The molecule has 0 aromatic carbocycles. The Balaban J connectivity index is 2.34. The molecule has 1 saturated heterocycles. The van der Waals surface area contributed by atoms with E-state index in [0.717, 1.165) is 4.31 Å². The van der Waals surface area contributed by atoms with Crippen LogP contribution in [0.4, 0.5) is 0 Å². The predicted octanol–water partition coefficient (Wildman–Crippen LogP) is -0.353. The van der Waals surface area contributed by atoms with Gasteiger partial charge in [0.15, 0.2) is 5.03 Å². The van der Waals surface area contributed by atoms with Crippen LogP contribution in [-0.2, 0) is 14.8 Å². The Bertz CT molecular complexity index is 481. The van der Waals surface area contributed by atoms with Gasteiger partial charge in [-0.1, -0.05) is 0 Å². The van der Waals surface area contributed by atoms with E-state index in [-0.39, 0.29) is 11.6 Å². The number of aromatic nitrogens is 2. The summed E-state index contributed by atoms with van der Waals surface area (Å²) in [4.78, 5) is 10.9. The van der Waals surface area contributed by atoms with Crippen molar-refractivity contribution in [2.45, 2.75) is 23.9 Å². The Morgan fingerprint density at radius 2 is 2.38 bits per heavy atom. The van der Waals surface area contributed by atoms with E-state index in [2.05, 4.69) is 10.2 Å². The molecule has 1 fully saturated rings. The molecule has 0 amide bonds. The number of H-pyrrole nitrogens is 1. The van der Waals surface area contributed by atoms with Crippen molar-refractivity contribution in [2.24, 2.45) is 0 Å². The highest BCUT2D eigenvalue weighted by molar-refractivity contribution is 7.89. The highest BCUT2D eigenvalue weighted by Crippen LogP contribution is 2.24. The van der Waals surface area contributed by atoms with Crippen molar-refractivity contribution < 1.29 is 18.3 Å². The van der Waals surface area contributed by atoms with Gasteiger partial charge < -0.3 is 5.11 Å².